The highest BCUT2D eigenvalue weighted by molar-refractivity contribution is 6.12. The fraction of sp³-hybridized carbons (Fsp3) is 0.500. The first-order chi connectivity index (χ1) is 20.3. The normalized spacial score (nSPS) is 18.5. The second-order valence-electron chi connectivity index (χ2n) is 11.6. The first-order valence-electron chi connectivity index (χ1n) is 15.0. The lowest BCUT2D eigenvalue weighted by atomic mass is 9.71. The van der Waals surface area contributed by atoms with Gasteiger partial charge in [-0.3, -0.25) is 9.98 Å². The highest BCUT2D eigenvalue weighted by Crippen LogP contribution is 2.39. The van der Waals surface area contributed by atoms with E-state index in [1.165, 1.54) is 24.5 Å². The van der Waals surface area contributed by atoms with Crippen LogP contribution in [0.5, 0.6) is 0 Å². The highest BCUT2D eigenvalue weighted by atomic mass is 19.1. The summed E-state index contributed by atoms with van der Waals surface area (Å²) in [4.78, 5) is 19.6. The topological polar surface area (TPSA) is 82.7 Å². The first-order valence-corrected chi connectivity index (χ1v) is 15.0. The third-order valence-electron chi connectivity index (χ3n) is 8.72. The van der Waals surface area contributed by atoms with E-state index >= 15 is 8.78 Å². The molecule has 5 rings (SSSR count). The number of rotatable bonds is 11. The molecule has 2 aliphatic heterocycles. The highest BCUT2D eigenvalue weighted by Gasteiger charge is 2.36. The van der Waals surface area contributed by atoms with Gasteiger partial charge >= 0.3 is 0 Å². The van der Waals surface area contributed by atoms with E-state index < -0.39 is 11.6 Å². The Kier molecular flexibility index (Phi) is 9.43. The van der Waals surface area contributed by atoms with Crippen LogP contribution in [0.3, 0.4) is 0 Å². The molecule has 42 heavy (non-hydrogen) atoms. The zero-order valence-corrected chi connectivity index (χ0v) is 25.1. The van der Waals surface area contributed by atoms with Crippen LogP contribution in [0, 0.1) is 24.6 Å². The molecule has 0 amide bonds. The van der Waals surface area contributed by atoms with Crippen molar-refractivity contribution in [2.45, 2.75) is 52.5 Å². The quantitative estimate of drug-likeness (QED) is 0.279. The minimum absolute atomic E-state index is 0.0163. The van der Waals surface area contributed by atoms with E-state index in [1.807, 2.05) is 37.6 Å². The molecule has 3 aromatic rings. The molecular weight excluding hydrogens is 534 g/mol. The number of aryl methyl sites for hydroxylation is 1. The van der Waals surface area contributed by atoms with Gasteiger partial charge in [-0.1, -0.05) is 13.0 Å². The molecule has 2 aliphatic rings. The molecule has 0 spiro atoms. The van der Waals surface area contributed by atoms with E-state index in [2.05, 4.69) is 55.2 Å². The van der Waals surface area contributed by atoms with Gasteiger partial charge in [-0.25, -0.2) is 18.7 Å². The van der Waals surface area contributed by atoms with E-state index in [-0.39, 0.29) is 23.9 Å². The van der Waals surface area contributed by atoms with Crippen LogP contribution in [-0.2, 0) is 0 Å². The molecule has 2 aromatic heterocycles. The molecule has 4 heterocycles. The van der Waals surface area contributed by atoms with Gasteiger partial charge in [0.2, 0.25) is 0 Å². The van der Waals surface area contributed by atoms with Gasteiger partial charge in [0.15, 0.2) is 11.6 Å². The average molecular weight is 577 g/mol. The van der Waals surface area contributed by atoms with Crippen LogP contribution in [0.15, 0.2) is 52.5 Å². The summed E-state index contributed by atoms with van der Waals surface area (Å²) in [6.45, 7) is 17.0. The van der Waals surface area contributed by atoms with Crippen molar-refractivity contribution in [2.75, 3.05) is 44.7 Å². The summed E-state index contributed by atoms with van der Waals surface area (Å²) in [7, 11) is 0. The van der Waals surface area contributed by atoms with Crippen molar-refractivity contribution >= 4 is 29.3 Å². The molecule has 2 N–H and O–H groups in total. The third-order valence-corrected chi connectivity index (χ3v) is 8.72. The van der Waals surface area contributed by atoms with E-state index in [0.717, 1.165) is 38.9 Å². The van der Waals surface area contributed by atoms with Crippen molar-refractivity contribution in [3.8, 4) is 0 Å². The zero-order chi connectivity index (χ0) is 29.8. The van der Waals surface area contributed by atoms with Crippen LogP contribution in [0.2, 0.25) is 0 Å². The summed E-state index contributed by atoms with van der Waals surface area (Å²) in [5, 5.41) is 6.62. The maximum absolute atomic E-state index is 15.2. The lowest BCUT2D eigenvalue weighted by molar-refractivity contribution is 0.137. The van der Waals surface area contributed by atoms with Crippen LogP contribution in [-0.4, -0.2) is 71.3 Å². The molecule has 2 fully saturated rings. The Bertz CT molecular complexity index is 1450. The van der Waals surface area contributed by atoms with Crippen molar-refractivity contribution in [3.05, 3.63) is 65.3 Å². The lowest BCUT2D eigenvalue weighted by Crippen LogP contribution is -2.48. The Labute approximate surface area is 247 Å². The summed E-state index contributed by atoms with van der Waals surface area (Å²) < 4.78 is 32.2. The summed E-state index contributed by atoms with van der Waals surface area (Å²) >= 11 is 0. The summed E-state index contributed by atoms with van der Waals surface area (Å²) in [6.07, 6.45) is 5.40. The smallest absolute Gasteiger partial charge is 0.167 e. The van der Waals surface area contributed by atoms with Gasteiger partial charge in [-0.05, 0) is 115 Å². The van der Waals surface area contributed by atoms with Gasteiger partial charge in [0.1, 0.15) is 29.5 Å². The number of fused-ring (bicyclic) bond motifs is 1. The van der Waals surface area contributed by atoms with Gasteiger partial charge in [-0.15, -0.1) is 0 Å². The van der Waals surface area contributed by atoms with Gasteiger partial charge in [0.05, 0.1) is 11.7 Å². The van der Waals surface area contributed by atoms with Crippen molar-refractivity contribution in [1.29, 1.82) is 0 Å². The maximum atomic E-state index is 15.2. The number of pyridine rings is 1. The minimum atomic E-state index is -0.702. The van der Waals surface area contributed by atoms with Gasteiger partial charge in [0, 0.05) is 17.8 Å². The number of imidazole rings is 1. The molecule has 0 aliphatic carbocycles. The summed E-state index contributed by atoms with van der Waals surface area (Å²) in [6, 6.07) is 7.18. The van der Waals surface area contributed by atoms with E-state index in [1.54, 1.807) is 6.07 Å². The number of benzene rings is 1. The van der Waals surface area contributed by atoms with Crippen molar-refractivity contribution < 1.29 is 8.78 Å². The monoisotopic (exact) mass is 576 g/mol. The number of aromatic nitrogens is 3. The number of anilines is 1. The second kappa shape index (κ2) is 13.2. The number of halogens is 2. The molecule has 2 saturated heterocycles. The van der Waals surface area contributed by atoms with Gasteiger partial charge in [0.25, 0.3) is 0 Å². The molecular formula is C32H42F2N8. The second-order valence-corrected chi connectivity index (χ2v) is 11.6. The molecule has 10 heteroatoms. The van der Waals surface area contributed by atoms with Crippen molar-refractivity contribution in [2.24, 2.45) is 21.8 Å². The third kappa shape index (κ3) is 6.29. The van der Waals surface area contributed by atoms with Crippen molar-refractivity contribution in [3.63, 3.8) is 0 Å². The molecule has 0 radical (unpaired) electrons. The maximum Gasteiger partial charge on any atom is 0.167 e. The Morgan fingerprint density at radius 3 is 2.57 bits per heavy atom. The van der Waals surface area contributed by atoms with E-state index in [9.17, 15) is 0 Å². The SMILES string of the molecule is C=N/C=C(/F)C(=NCNc1ccc(C(C2CCN(CC)CC2)C2CNC2)cn1)c1cc(F)c2nc(C)n(C(C)C)c2c1. The van der Waals surface area contributed by atoms with Crippen LogP contribution < -0.4 is 10.6 Å². The van der Waals surface area contributed by atoms with Crippen LogP contribution in [0.4, 0.5) is 14.6 Å². The number of nitrogens with one attached hydrogen (secondary N) is 2. The standard InChI is InChI=1S/C32H42F2N8/c1-6-41-11-9-22(10-12-41)30(25-15-36-16-25)23-7-8-29(37-17-23)38-19-39-31(27(34)18-35-5)24-13-26(33)32-28(14-24)42(20(2)3)21(4)40-32/h7-8,13-14,17-18,20,22,25,30,36H,5-6,9-12,15-16,19H2,1-4H3,(H,37,38)/b27-18+,39-31?. The van der Waals surface area contributed by atoms with E-state index in [4.69, 9.17) is 0 Å². The largest absolute Gasteiger partial charge is 0.351 e. The number of piperidine rings is 1. The van der Waals surface area contributed by atoms with Crippen LogP contribution >= 0.6 is 0 Å². The van der Waals surface area contributed by atoms with Gasteiger partial charge < -0.3 is 20.1 Å². The Morgan fingerprint density at radius 1 is 1.21 bits per heavy atom. The lowest BCUT2D eigenvalue weighted by Gasteiger charge is -2.43. The number of hydrogen-bond donors (Lipinski definition) is 2. The van der Waals surface area contributed by atoms with Gasteiger partial charge in [-0.2, -0.15) is 0 Å². The van der Waals surface area contributed by atoms with Crippen LogP contribution in [0.25, 0.3) is 11.0 Å². The molecule has 1 unspecified atom stereocenters. The number of aliphatic imine (C=N–C) groups is 2. The predicted molar refractivity (Wildman–Crippen MR) is 167 cm³/mol. The fourth-order valence-corrected chi connectivity index (χ4v) is 6.53. The summed E-state index contributed by atoms with van der Waals surface area (Å²) in [5.41, 5.74) is 2.40. The molecule has 224 valence electrons. The molecule has 1 atom stereocenters. The summed E-state index contributed by atoms with van der Waals surface area (Å²) in [5.74, 6) is 1.90. The number of likely N-dealkylation sites (tertiary alicyclic amines) is 1. The van der Waals surface area contributed by atoms with Crippen LogP contribution in [0.1, 0.15) is 62.5 Å². The first kappa shape index (κ1) is 30.0. The zero-order valence-electron chi connectivity index (χ0n) is 25.1. The average Bonchev–Trinajstić information content (AvgIpc) is 3.30. The Hall–Kier alpha value is -3.50. The van der Waals surface area contributed by atoms with Crippen molar-refractivity contribution in [1.82, 2.24) is 24.8 Å². The predicted octanol–water partition coefficient (Wildman–Crippen LogP) is 5.86. The molecule has 0 bridgehead atoms. The Morgan fingerprint density at radius 2 is 1.98 bits per heavy atom. The minimum Gasteiger partial charge on any atom is -0.351 e. The fourth-order valence-electron chi connectivity index (χ4n) is 6.53. The number of nitrogens with zero attached hydrogens (tertiary/aromatic N) is 6. The van der Waals surface area contributed by atoms with E-state index in [0.29, 0.717) is 40.5 Å². The molecule has 0 saturated carbocycles. The Balaban J connectivity index is 1.35. The molecule has 1 aromatic carbocycles. The molecule has 8 nitrogen and oxygen atoms in total. The number of hydrogen-bond acceptors (Lipinski definition) is 7. The number of allylic oxidation sites excluding steroid dienone is 1.